The Kier molecular flexibility index (Phi) is 9.27. The van der Waals surface area contributed by atoms with Crippen molar-refractivity contribution in [3.63, 3.8) is 0 Å². The van der Waals surface area contributed by atoms with Crippen LogP contribution in [0.1, 0.15) is 54.2 Å². The molecule has 0 bridgehead atoms. The third-order valence-corrected chi connectivity index (χ3v) is 9.86. The molecule has 3 atom stereocenters. The maximum absolute atomic E-state index is 13.1. The Hall–Kier alpha value is -4.00. The lowest BCUT2D eigenvalue weighted by molar-refractivity contribution is -0.0660. The summed E-state index contributed by atoms with van der Waals surface area (Å²) < 4.78 is 13.7. The van der Waals surface area contributed by atoms with Crippen LogP contribution in [0.4, 0.5) is 5.69 Å². The first-order valence-corrected chi connectivity index (χ1v) is 16.4. The van der Waals surface area contributed by atoms with Crippen LogP contribution in [0.2, 0.25) is 10.0 Å². The van der Waals surface area contributed by atoms with Crippen molar-refractivity contribution < 1.29 is 19.4 Å². The fourth-order valence-corrected chi connectivity index (χ4v) is 7.26. The van der Waals surface area contributed by atoms with Crippen molar-refractivity contribution in [3.8, 4) is 28.3 Å². The van der Waals surface area contributed by atoms with Crippen LogP contribution in [0.3, 0.4) is 0 Å². The molecule has 1 aliphatic carbocycles. The third kappa shape index (κ3) is 6.28. The largest absolute Gasteiger partial charge is 0.481 e. The Balaban J connectivity index is 1.32. The van der Waals surface area contributed by atoms with E-state index in [1.54, 1.807) is 25.3 Å². The van der Waals surface area contributed by atoms with Gasteiger partial charge >= 0.3 is 5.69 Å². The molecule has 2 aliphatic rings. The number of aryl methyl sites for hydroxylation is 1. The standard InChI is InChI=1S/C35H37Cl2N5O6/c1-35(2)16-19(12-13-48-35)38-30-26(43)15-18-14-25(40-32(47-5)27(18)30)22-10-6-8-20(28(22)36)21-9-7-11-24(29(21)37)39-31(44)23-17-41(3)34(46)42(4)33(23)45/h6-11,14,17,19,26,30,38,43H,12-13,15-16H2,1-5H3,(H,39,44). The van der Waals surface area contributed by atoms with Crippen molar-refractivity contribution >= 4 is 34.8 Å². The number of hydrogen-bond acceptors (Lipinski definition) is 8. The van der Waals surface area contributed by atoms with Crippen molar-refractivity contribution in [2.75, 3.05) is 19.0 Å². The Morgan fingerprint density at radius 1 is 1.08 bits per heavy atom. The van der Waals surface area contributed by atoms with Crippen LogP contribution in [0.15, 0.2) is 58.3 Å². The number of rotatable bonds is 7. The zero-order chi connectivity index (χ0) is 34.5. The van der Waals surface area contributed by atoms with Crippen LogP contribution in [0, 0.1) is 0 Å². The van der Waals surface area contributed by atoms with Crippen molar-refractivity contribution in [2.45, 2.75) is 56.9 Å². The first kappa shape index (κ1) is 33.9. The highest BCUT2D eigenvalue weighted by Gasteiger charge is 2.39. The quantitative estimate of drug-likeness (QED) is 0.249. The Morgan fingerprint density at radius 2 is 1.77 bits per heavy atom. The Labute approximate surface area is 287 Å². The second-order valence-corrected chi connectivity index (χ2v) is 13.6. The highest BCUT2D eigenvalue weighted by atomic mass is 35.5. The van der Waals surface area contributed by atoms with Gasteiger partial charge in [-0.1, -0.05) is 53.5 Å². The third-order valence-electron chi connectivity index (χ3n) is 9.04. The first-order valence-electron chi connectivity index (χ1n) is 15.6. The number of nitrogens with zero attached hydrogens (tertiary/aromatic N) is 3. The lowest BCUT2D eigenvalue weighted by Crippen LogP contribution is -2.46. The molecule has 0 saturated carbocycles. The van der Waals surface area contributed by atoms with Gasteiger partial charge in [-0.15, -0.1) is 0 Å². The topological polar surface area (TPSA) is 137 Å². The van der Waals surface area contributed by atoms with Crippen molar-refractivity contribution in [1.82, 2.24) is 19.4 Å². The summed E-state index contributed by atoms with van der Waals surface area (Å²) >= 11 is 13.9. The minimum Gasteiger partial charge on any atom is -0.481 e. The molecular weight excluding hydrogens is 657 g/mol. The fraction of sp³-hybridized carbons (Fsp3) is 0.371. The van der Waals surface area contributed by atoms with E-state index in [-0.39, 0.29) is 34.0 Å². The second-order valence-electron chi connectivity index (χ2n) is 12.9. The van der Waals surface area contributed by atoms with E-state index >= 15 is 0 Å². The molecule has 252 valence electrons. The van der Waals surface area contributed by atoms with Crippen molar-refractivity contribution in [2.24, 2.45) is 14.1 Å². The van der Waals surface area contributed by atoms with Gasteiger partial charge in [0.25, 0.3) is 11.5 Å². The molecule has 3 unspecified atom stereocenters. The van der Waals surface area contributed by atoms with E-state index in [1.807, 2.05) is 24.3 Å². The molecule has 48 heavy (non-hydrogen) atoms. The predicted octanol–water partition coefficient (Wildman–Crippen LogP) is 4.89. The summed E-state index contributed by atoms with van der Waals surface area (Å²) in [6, 6.07) is 12.4. The number of ether oxygens (including phenoxy) is 2. The van der Waals surface area contributed by atoms with Gasteiger partial charge in [-0.2, -0.15) is 0 Å². The minimum atomic E-state index is -0.724. The van der Waals surface area contributed by atoms with Crippen LogP contribution >= 0.6 is 23.2 Å². The summed E-state index contributed by atoms with van der Waals surface area (Å²) in [6.07, 6.45) is 2.63. The van der Waals surface area contributed by atoms with Crippen LogP contribution in [-0.4, -0.2) is 56.6 Å². The maximum Gasteiger partial charge on any atom is 0.330 e. The molecule has 0 spiro atoms. The average Bonchev–Trinajstić information content (AvgIpc) is 3.36. The molecule has 1 saturated heterocycles. The smallest absolute Gasteiger partial charge is 0.330 e. The number of aliphatic hydroxyl groups excluding tert-OH is 1. The Bertz CT molecular complexity index is 2040. The number of fused-ring (bicyclic) bond motifs is 1. The van der Waals surface area contributed by atoms with Gasteiger partial charge in [0.05, 0.1) is 46.3 Å². The van der Waals surface area contributed by atoms with E-state index in [0.717, 1.165) is 33.1 Å². The van der Waals surface area contributed by atoms with Crippen LogP contribution in [-0.2, 0) is 25.3 Å². The van der Waals surface area contributed by atoms with Crippen molar-refractivity contribution in [1.29, 1.82) is 0 Å². The summed E-state index contributed by atoms with van der Waals surface area (Å²) in [6.45, 7) is 4.80. The zero-order valence-electron chi connectivity index (χ0n) is 27.3. The van der Waals surface area contributed by atoms with Gasteiger partial charge in [0.1, 0.15) is 5.56 Å². The van der Waals surface area contributed by atoms with Crippen molar-refractivity contribution in [3.05, 3.63) is 96.2 Å². The van der Waals surface area contributed by atoms with Gasteiger partial charge in [-0.05, 0) is 44.4 Å². The number of anilines is 1. The number of carbonyl (C=O) groups excluding carboxylic acids is 1. The molecule has 13 heteroatoms. The molecular formula is C35H37Cl2N5O6. The molecule has 6 rings (SSSR count). The molecule has 4 aromatic rings. The molecule has 2 aromatic heterocycles. The number of nitrogens with one attached hydrogen (secondary N) is 2. The number of hydrogen-bond donors (Lipinski definition) is 3. The summed E-state index contributed by atoms with van der Waals surface area (Å²) in [7, 11) is 4.33. The lowest BCUT2D eigenvalue weighted by Gasteiger charge is -2.37. The van der Waals surface area contributed by atoms with Gasteiger partial charge in [0, 0.05) is 61.6 Å². The van der Waals surface area contributed by atoms with E-state index < -0.39 is 23.3 Å². The van der Waals surface area contributed by atoms with Gasteiger partial charge < -0.3 is 29.8 Å². The van der Waals surface area contributed by atoms with E-state index in [9.17, 15) is 19.5 Å². The number of aliphatic hydroxyl groups is 1. The summed E-state index contributed by atoms with van der Waals surface area (Å²) in [5.41, 5.74) is 2.63. The van der Waals surface area contributed by atoms with Gasteiger partial charge in [-0.25, -0.2) is 9.78 Å². The number of methoxy groups -OCH3 is 1. The molecule has 1 amide bonds. The summed E-state index contributed by atoms with van der Waals surface area (Å²) in [5, 5.41) is 18.1. The Morgan fingerprint density at radius 3 is 2.48 bits per heavy atom. The number of amides is 1. The molecule has 11 nitrogen and oxygen atoms in total. The monoisotopic (exact) mass is 693 g/mol. The fourth-order valence-electron chi connectivity index (χ4n) is 6.66. The zero-order valence-corrected chi connectivity index (χ0v) is 28.8. The maximum atomic E-state index is 13.1. The van der Waals surface area contributed by atoms with Crippen LogP contribution in [0.25, 0.3) is 22.4 Å². The molecule has 2 aromatic carbocycles. The second kappa shape index (κ2) is 13.1. The summed E-state index contributed by atoms with van der Waals surface area (Å²) in [5.74, 6) is -0.299. The number of halogens is 2. The highest BCUT2D eigenvalue weighted by molar-refractivity contribution is 6.39. The molecule has 3 N–H and O–H groups in total. The predicted molar refractivity (Wildman–Crippen MR) is 185 cm³/mol. The number of pyridine rings is 1. The van der Waals surface area contributed by atoms with Gasteiger partial charge in [0.15, 0.2) is 0 Å². The molecule has 1 fully saturated rings. The van der Waals surface area contributed by atoms with Gasteiger partial charge in [0.2, 0.25) is 5.88 Å². The van der Waals surface area contributed by atoms with Crippen LogP contribution < -0.4 is 26.6 Å². The SMILES string of the molecule is COc1nc(-c2cccc(-c3cccc(NC(=O)c4cn(C)c(=O)n(C)c4=O)c3Cl)c2Cl)cc2c1C(NC1CCOC(C)(C)C1)C(O)C2. The molecule has 3 heterocycles. The summed E-state index contributed by atoms with van der Waals surface area (Å²) in [4.78, 5) is 42.7. The molecule has 0 radical (unpaired) electrons. The molecule has 1 aliphatic heterocycles. The minimum absolute atomic E-state index is 0.173. The lowest BCUT2D eigenvalue weighted by atomic mass is 9.92. The van der Waals surface area contributed by atoms with Crippen LogP contribution in [0.5, 0.6) is 5.88 Å². The van der Waals surface area contributed by atoms with E-state index in [0.29, 0.717) is 46.3 Å². The normalized spacial score (nSPS) is 20.0. The number of carbonyl (C=O) groups is 1. The number of benzene rings is 2. The first-order chi connectivity index (χ1) is 22.8. The van der Waals surface area contributed by atoms with E-state index in [2.05, 4.69) is 24.5 Å². The van der Waals surface area contributed by atoms with Gasteiger partial charge in [-0.3, -0.25) is 14.2 Å². The average molecular weight is 695 g/mol. The van der Waals surface area contributed by atoms with E-state index in [4.69, 9.17) is 37.7 Å². The highest BCUT2D eigenvalue weighted by Crippen LogP contribution is 2.44. The van der Waals surface area contributed by atoms with E-state index in [1.165, 1.54) is 20.3 Å². The number of aromatic nitrogens is 3.